The molecule has 1 heterocycles. The summed E-state index contributed by atoms with van der Waals surface area (Å²) in [6.07, 6.45) is 4.71. The number of hydrogen-bond acceptors (Lipinski definition) is 5. The Morgan fingerprint density at radius 1 is 1.29 bits per heavy atom. The molecule has 1 fully saturated rings. The summed E-state index contributed by atoms with van der Waals surface area (Å²) in [5.74, 6) is 0.0599. The summed E-state index contributed by atoms with van der Waals surface area (Å²) in [5.41, 5.74) is -0.0911. The van der Waals surface area contributed by atoms with Crippen LogP contribution in [0.4, 0.5) is 5.69 Å². The van der Waals surface area contributed by atoms with E-state index in [0.29, 0.717) is 24.2 Å². The van der Waals surface area contributed by atoms with Gasteiger partial charge in [0.1, 0.15) is 11.5 Å². The highest BCUT2D eigenvalue weighted by molar-refractivity contribution is 5.58. The maximum absolute atomic E-state index is 12.5. The largest absolute Gasteiger partial charge is 0.867 e. The van der Waals surface area contributed by atoms with E-state index in [2.05, 4.69) is 4.98 Å². The van der Waals surface area contributed by atoms with Gasteiger partial charge in [-0.15, -0.1) is 0 Å². The van der Waals surface area contributed by atoms with Crippen LogP contribution in [0.1, 0.15) is 48.5 Å². The molecule has 0 unspecified atom stereocenters. The zero-order chi connectivity index (χ0) is 17.1. The predicted octanol–water partition coefficient (Wildman–Crippen LogP) is 3.35. The summed E-state index contributed by atoms with van der Waals surface area (Å²) >= 11 is 0. The smallest absolute Gasteiger partial charge is 0.461 e. The third-order valence-electron chi connectivity index (χ3n) is 4.58. The molecule has 1 aromatic carbocycles. The van der Waals surface area contributed by atoms with Crippen LogP contribution in [0.2, 0.25) is 0 Å². The molecule has 1 aromatic heterocycles. The van der Waals surface area contributed by atoms with E-state index in [1.165, 1.54) is 0 Å². The lowest BCUT2D eigenvalue weighted by Crippen LogP contribution is -2.13. The monoisotopic (exact) mass is 326 g/mol. The Hall–Kier alpha value is -2.81. The molecular formula is C18H18N2O4. The van der Waals surface area contributed by atoms with Crippen molar-refractivity contribution in [3.8, 4) is 11.5 Å². The Kier molecular flexibility index (Phi) is 4.52. The summed E-state index contributed by atoms with van der Waals surface area (Å²) in [7, 11) is 0. The van der Waals surface area contributed by atoms with Crippen molar-refractivity contribution in [1.29, 1.82) is 5.39 Å². The van der Waals surface area contributed by atoms with Gasteiger partial charge in [-0.2, -0.15) is 0 Å². The second-order valence-corrected chi connectivity index (χ2v) is 6.16. The highest BCUT2D eigenvalue weighted by Gasteiger charge is 2.28. The number of nitrogens with zero attached hydrogens (tertiary/aromatic N) is 2. The van der Waals surface area contributed by atoms with Gasteiger partial charge in [0.25, 0.3) is 0 Å². The number of aryl methyl sites for hydroxylation is 2. The minimum atomic E-state index is -0.907. The van der Waals surface area contributed by atoms with Gasteiger partial charge in [0.2, 0.25) is 5.39 Å². The first kappa shape index (κ1) is 16.1. The Balaban J connectivity index is 1.96. The van der Waals surface area contributed by atoms with Gasteiger partial charge in [-0.25, -0.2) is 4.79 Å². The van der Waals surface area contributed by atoms with Crippen LogP contribution >= 0.6 is 0 Å². The van der Waals surface area contributed by atoms with E-state index in [9.17, 15) is 15.0 Å². The minimum Gasteiger partial charge on any atom is -0.867 e. The predicted molar refractivity (Wildman–Crippen MR) is 85.9 cm³/mol. The molecule has 0 radical (unpaired) electrons. The van der Waals surface area contributed by atoms with Crippen molar-refractivity contribution in [3.63, 3.8) is 0 Å². The van der Waals surface area contributed by atoms with Gasteiger partial charge in [0.15, 0.2) is 4.98 Å². The summed E-state index contributed by atoms with van der Waals surface area (Å²) in [4.78, 5) is 14.7. The number of benzene rings is 1. The van der Waals surface area contributed by atoms with Crippen LogP contribution in [0.25, 0.3) is 4.98 Å². The fourth-order valence-electron chi connectivity index (χ4n) is 3.43. The maximum atomic E-state index is 12.5. The first-order chi connectivity index (χ1) is 11.6. The Bertz CT molecular complexity index is 845. The summed E-state index contributed by atoms with van der Waals surface area (Å²) in [5, 5.41) is 31.0. The molecule has 1 aliphatic carbocycles. The molecule has 1 saturated carbocycles. The maximum Gasteiger partial charge on any atom is 0.461 e. The molecule has 124 valence electrons. The quantitative estimate of drug-likeness (QED) is 0.868. The van der Waals surface area contributed by atoms with E-state index in [-0.39, 0.29) is 11.7 Å². The number of diazo groups is 1. The first-order valence-corrected chi connectivity index (χ1v) is 8.10. The van der Waals surface area contributed by atoms with E-state index in [0.717, 1.165) is 31.2 Å². The lowest BCUT2D eigenvalue weighted by atomic mass is 9.93. The third kappa shape index (κ3) is 3.11. The normalized spacial score (nSPS) is 14.6. The number of phenolic OH excluding ortho intramolecular Hbond substituents is 1. The zero-order valence-corrected chi connectivity index (χ0v) is 13.2. The van der Waals surface area contributed by atoms with Crippen LogP contribution in [0, 0.1) is 5.39 Å². The molecule has 2 aromatic rings. The second kappa shape index (κ2) is 6.75. The molecule has 0 bridgehead atoms. The highest BCUT2D eigenvalue weighted by Crippen LogP contribution is 2.42. The summed E-state index contributed by atoms with van der Waals surface area (Å²) < 4.78 is 5.30. The van der Waals surface area contributed by atoms with Crippen molar-refractivity contribution in [2.75, 3.05) is 0 Å². The molecule has 0 aliphatic heterocycles. The van der Waals surface area contributed by atoms with Crippen LogP contribution in [0.5, 0.6) is 11.5 Å². The van der Waals surface area contributed by atoms with Gasteiger partial charge < -0.3 is 14.6 Å². The first-order valence-electron chi connectivity index (χ1n) is 8.10. The highest BCUT2D eigenvalue weighted by atomic mass is 16.4. The van der Waals surface area contributed by atoms with Crippen molar-refractivity contribution in [2.24, 2.45) is 0 Å². The van der Waals surface area contributed by atoms with Crippen LogP contribution in [0.15, 0.2) is 33.5 Å². The Morgan fingerprint density at radius 2 is 2.04 bits per heavy atom. The Morgan fingerprint density at radius 3 is 2.71 bits per heavy atom. The van der Waals surface area contributed by atoms with Crippen LogP contribution < -0.4 is 10.7 Å². The van der Waals surface area contributed by atoms with E-state index < -0.39 is 17.1 Å². The number of phenols is 1. The number of aromatic hydroxyl groups is 1. The van der Waals surface area contributed by atoms with Gasteiger partial charge in [0.05, 0.1) is 0 Å². The van der Waals surface area contributed by atoms with E-state index in [1.54, 1.807) is 18.2 Å². The average Bonchev–Trinajstić information content (AvgIpc) is 3.07. The van der Waals surface area contributed by atoms with Crippen LogP contribution in [-0.2, 0) is 12.8 Å². The SMILES string of the molecule is N#[N+]c1c([O-])c(C2CCCC2)c(CCc2cccc(O)c2)oc1=O. The lowest BCUT2D eigenvalue weighted by Gasteiger charge is -2.19. The van der Waals surface area contributed by atoms with Crippen molar-refractivity contribution in [1.82, 2.24) is 0 Å². The average molecular weight is 326 g/mol. The van der Waals surface area contributed by atoms with Crippen molar-refractivity contribution < 1.29 is 14.6 Å². The van der Waals surface area contributed by atoms with Crippen LogP contribution in [0.3, 0.4) is 0 Å². The van der Waals surface area contributed by atoms with Gasteiger partial charge in [-0.3, -0.25) is 0 Å². The van der Waals surface area contributed by atoms with Gasteiger partial charge >= 0.3 is 11.3 Å². The second-order valence-electron chi connectivity index (χ2n) is 6.16. The standard InChI is InChI=1S/C18H18N2O4/c19-20-16-17(22)15(12-5-1-2-6-12)14(24-18(16)23)9-8-11-4-3-7-13(21)10-11/h3-4,7,10,12H,1-2,5-6,8-9H2,(H-,21,22,23). The van der Waals surface area contributed by atoms with Gasteiger partial charge in [-0.1, -0.05) is 25.0 Å². The van der Waals surface area contributed by atoms with Gasteiger partial charge in [0, 0.05) is 12.2 Å². The van der Waals surface area contributed by atoms with Gasteiger partial charge in [-0.05, 0) is 48.4 Å². The molecule has 1 N–H and O–H groups in total. The fourth-order valence-corrected chi connectivity index (χ4v) is 3.43. The van der Waals surface area contributed by atoms with Crippen LogP contribution in [-0.4, -0.2) is 5.11 Å². The fraction of sp³-hybridized carbons (Fsp3) is 0.389. The Labute approximate surface area is 139 Å². The minimum absolute atomic E-state index is 0.0431. The van der Waals surface area contributed by atoms with E-state index in [1.807, 2.05) is 6.07 Å². The molecular weight excluding hydrogens is 308 g/mol. The van der Waals surface area contributed by atoms with Crippen molar-refractivity contribution in [2.45, 2.75) is 44.4 Å². The molecule has 0 amide bonds. The van der Waals surface area contributed by atoms with E-state index in [4.69, 9.17) is 9.81 Å². The number of hydrogen-bond donors (Lipinski definition) is 1. The molecule has 0 saturated heterocycles. The topological polar surface area (TPSA) is 102 Å². The third-order valence-corrected chi connectivity index (χ3v) is 4.58. The molecule has 1 aliphatic rings. The molecule has 3 rings (SSSR count). The van der Waals surface area contributed by atoms with E-state index >= 15 is 0 Å². The molecule has 6 heteroatoms. The van der Waals surface area contributed by atoms with Crippen molar-refractivity contribution in [3.05, 3.63) is 56.5 Å². The lowest BCUT2D eigenvalue weighted by molar-refractivity contribution is -0.268. The summed E-state index contributed by atoms with van der Waals surface area (Å²) in [6.45, 7) is 0. The molecule has 24 heavy (non-hydrogen) atoms. The molecule has 0 spiro atoms. The molecule has 0 atom stereocenters. The molecule has 6 nitrogen and oxygen atoms in total. The van der Waals surface area contributed by atoms with Crippen molar-refractivity contribution >= 4 is 5.69 Å². The number of rotatable bonds is 4. The summed E-state index contributed by atoms with van der Waals surface area (Å²) in [6, 6.07) is 6.83. The zero-order valence-electron chi connectivity index (χ0n) is 13.2.